The van der Waals surface area contributed by atoms with Gasteiger partial charge in [0.05, 0.1) is 5.69 Å². The summed E-state index contributed by atoms with van der Waals surface area (Å²) in [5.74, 6) is -0.416. The molecule has 0 N–H and O–H groups in total. The smallest absolute Gasteiger partial charge is 0.244 e. The van der Waals surface area contributed by atoms with Crippen LogP contribution in [-0.4, -0.2) is 32.8 Å². The standard InChI is InChI=1S/C18H23FN4O/c1-18(9-5-6-10-18)16-12-23(21-20-16)13-17(24)22(2)11-14-7-3-4-8-15(14)19/h3-4,7-8,12H,5-6,9-11,13H2,1-2H3. The Balaban J connectivity index is 1.62. The molecule has 1 fully saturated rings. The van der Waals surface area contributed by atoms with Crippen molar-refractivity contribution in [2.75, 3.05) is 7.05 Å². The number of nitrogens with zero attached hydrogens (tertiary/aromatic N) is 4. The van der Waals surface area contributed by atoms with Crippen LogP contribution in [0.3, 0.4) is 0 Å². The van der Waals surface area contributed by atoms with E-state index >= 15 is 0 Å². The van der Waals surface area contributed by atoms with Gasteiger partial charge in [-0.2, -0.15) is 0 Å². The van der Waals surface area contributed by atoms with Crippen LogP contribution in [0.25, 0.3) is 0 Å². The summed E-state index contributed by atoms with van der Waals surface area (Å²) in [5, 5.41) is 8.36. The van der Waals surface area contributed by atoms with Crippen molar-refractivity contribution in [3.8, 4) is 0 Å². The predicted molar refractivity (Wildman–Crippen MR) is 88.7 cm³/mol. The van der Waals surface area contributed by atoms with Crippen LogP contribution in [-0.2, 0) is 23.3 Å². The molecule has 0 aliphatic heterocycles. The zero-order valence-electron chi connectivity index (χ0n) is 14.2. The zero-order chi connectivity index (χ0) is 17.2. The Morgan fingerprint density at radius 3 is 2.75 bits per heavy atom. The molecule has 1 aromatic heterocycles. The normalized spacial score (nSPS) is 16.3. The number of likely N-dealkylation sites (N-methyl/N-ethyl adjacent to an activating group) is 1. The maximum absolute atomic E-state index is 13.7. The summed E-state index contributed by atoms with van der Waals surface area (Å²) in [7, 11) is 1.67. The summed E-state index contributed by atoms with van der Waals surface area (Å²) < 4.78 is 15.3. The van der Waals surface area contributed by atoms with E-state index in [1.54, 1.807) is 29.9 Å². The molecule has 5 nitrogen and oxygen atoms in total. The molecule has 0 radical (unpaired) electrons. The molecule has 1 aliphatic rings. The number of carbonyl (C=O) groups is 1. The summed E-state index contributed by atoms with van der Waals surface area (Å²) in [6.07, 6.45) is 6.54. The SMILES string of the molecule is CN(Cc1ccccc1F)C(=O)Cn1cc(C2(C)CCCC2)nn1. The molecule has 128 valence electrons. The lowest BCUT2D eigenvalue weighted by Gasteiger charge is -2.19. The largest absolute Gasteiger partial charge is 0.340 e. The molecule has 1 aliphatic carbocycles. The summed E-state index contributed by atoms with van der Waals surface area (Å²) in [4.78, 5) is 13.9. The van der Waals surface area contributed by atoms with Gasteiger partial charge < -0.3 is 4.90 Å². The molecule has 0 unspecified atom stereocenters. The Hall–Kier alpha value is -2.24. The fourth-order valence-corrected chi connectivity index (χ4v) is 3.29. The van der Waals surface area contributed by atoms with Gasteiger partial charge in [0.1, 0.15) is 12.4 Å². The summed E-state index contributed by atoms with van der Waals surface area (Å²) >= 11 is 0. The quantitative estimate of drug-likeness (QED) is 0.847. The third-order valence-electron chi connectivity index (χ3n) is 4.95. The highest BCUT2D eigenvalue weighted by atomic mass is 19.1. The second kappa shape index (κ2) is 6.71. The summed E-state index contributed by atoms with van der Waals surface area (Å²) in [6.45, 7) is 2.57. The topological polar surface area (TPSA) is 51.0 Å². The van der Waals surface area contributed by atoms with Gasteiger partial charge in [-0.15, -0.1) is 5.10 Å². The van der Waals surface area contributed by atoms with E-state index < -0.39 is 0 Å². The van der Waals surface area contributed by atoms with Crippen molar-refractivity contribution in [2.24, 2.45) is 0 Å². The first-order valence-electron chi connectivity index (χ1n) is 8.36. The number of hydrogen-bond acceptors (Lipinski definition) is 3. The molecule has 24 heavy (non-hydrogen) atoms. The Morgan fingerprint density at radius 2 is 2.04 bits per heavy atom. The molecule has 2 aromatic rings. The number of hydrogen-bond donors (Lipinski definition) is 0. The van der Waals surface area contributed by atoms with Crippen LogP contribution in [0.5, 0.6) is 0 Å². The highest BCUT2D eigenvalue weighted by Crippen LogP contribution is 2.39. The molecule has 1 amide bonds. The van der Waals surface area contributed by atoms with Gasteiger partial charge in [-0.05, 0) is 18.9 Å². The fourth-order valence-electron chi connectivity index (χ4n) is 3.29. The van der Waals surface area contributed by atoms with Gasteiger partial charge in [0.2, 0.25) is 5.91 Å². The number of halogens is 1. The maximum atomic E-state index is 13.7. The van der Waals surface area contributed by atoms with E-state index in [1.165, 1.54) is 23.8 Å². The van der Waals surface area contributed by atoms with Gasteiger partial charge in [0, 0.05) is 30.8 Å². The molecule has 0 spiro atoms. The molecule has 0 atom stereocenters. The zero-order valence-corrected chi connectivity index (χ0v) is 14.2. The van der Waals surface area contributed by atoms with Crippen LogP contribution in [0.15, 0.2) is 30.5 Å². The molecule has 1 aromatic carbocycles. The van der Waals surface area contributed by atoms with Crippen LogP contribution >= 0.6 is 0 Å². The summed E-state index contributed by atoms with van der Waals surface area (Å²) in [6, 6.07) is 6.50. The van der Waals surface area contributed by atoms with E-state index in [2.05, 4.69) is 17.2 Å². The van der Waals surface area contributed by atoms with Crippen molar-refractivity contribution < 1.29 is 9.18 Å². The second-order valence-electron chi connectivity index (χ2n) is 6.91. The van der Waals surface area contributed by atoms with Crippen LogP contribution in [0, 0.1) is 5.82 Å². The molecule has 1 heterocycles. The number of rotatable bonds is 5. The van der Waals surface area contributed by atoms with Crippen molar-refractivity contribution in [1.82, 2.24) is 19.9 Å². The van der Waals surface area contributed by atoms with E-state index in [0.717, 1.165) is 18.5 Å². The minimum absolute atomic E-state index is 0.0837. The lowest BCUT2D eigenvalue weighted by molar-refractivity contribution is -0.131. The Kier molecular flexibility index (Phi) is 4.64. The molecular formula is C18H23FN4O. The lowest BCUT2D eigenvalue weighted by Crippen LogP contribution is -2.30. The van der Waals surface area contributed by atoms with E-state index in [4.69, 9.17) is 0 Å². The first kappa shape index (κ1) is 16.6. The Labute approximate surface area is 141 Å². The number of benzene rings is 1. The lowest BCUT2D eigenvalue weighted by atomic mass is 9.86. The van der Waals surface area contributed by atoms with E-state index in [0.29, 0.717) is 5.56 Å². The fraction of sp³-hybridized carbons (Fsp3) is 0.500. The highest BCUT2D eigenvalue weighted by Gasteiger charge is 2.33. The molecule has 0 bridgehead atoms. The van der Waals surface area contributed by atoms with Gasteiger partial charge in [-0.1, -0.05) is 43.2 Å². The van der Waals surface area contributed by atoms with Crippen molar-refractivity contribution in [3.63, 3.8) is 0 Å². The van der Waals surface area contributed by atoms with Crippen LogP contribution in [0.4, 0.5) is 4.39 Å². The minimum atomic E-state index is -0.297. The van der Waals surface area contributed by atoms with E-state index in [9.17, 15) is 9.18 Å². The average Bonchev–Trinajstić information content (AvgIpc) is 3.19. The maximum Gasteiger partial charge on any atom is 0.244 e. The third kappa shape index (κ3) is 3.47. The van der Waals surface area contributed by atoms with Gasteiger partial charge >= 0.3 is 0 Å². The van der Waals surface area contributed by atoms with Gasteiger partial charge in [-0.3, -0.25) is 4.79 Å². The molecule has 1 saturated carbocycles. The van der Waals surface area contributed by atoms with Crippen LogP contribution in [0.2, 0.25) is 0 Å². The first-order chi connectivity index (χ1) is 11.5. The van der Waals surface area contributed by atoms with Crippen molar-refractivity contribution in [2.45, 2.75) is 51.1 Å². The monoisotopic (exact) mass is 330 g/mol. The van der Waals surface area contributed by atoms with Gasteiger partial charge in [0.15, 0.2) is 0 Å². The van der Waals surface area contributed by atoms with Crippen molar-refractivity contribution in [3.05, 3.63) is 47.5 Å². The van der Waals surface area contributed by atoms with Crippen LogP contribution in [0.1, 0.15) is 43.9 Å². The van der Waals surface area contributed by atoms with Crippen molar-refractivity contribution >= 4 is 5.91 Å². The first-order valence-corrected chi connectivity index (χ1v) is 8.36. The Morgan fingerprint density at radius 1 is 1.33 bits per heavy atom. The van der Waals surface area contributed by atoms with Crippen molar-refractivity contribution in [1.29, 1.82) is 0 Å². The van der Waals surface area contributed by atoms with Crippen LogP contribution < -0.4 is 0 Å². The molecule has 6 heteroatoms. The number of carbonyl (C=O) groups excluding carboxylic acids is 1. The predicted octanol–water partition coefficient (Wildman–Crippen LogP) is 2.91. The molecule has 0 saturated heterocycles. The molecule has 3 rings (SSSR count). The Bertz CT molecular complexity index is 721. The number of amides is 1. The van der Waals surface area contributed by atoms with E-state index in [-0.39, 0.29) is 30.2 Å². The number of aromatic nitrogens is 3. The van der Waals surface area contributed by atoms with E-state index in [1.807, 2.05) is 6.20 Å². The molecular weight excluding hydrogens is 307 g/mol. The third-order valence-corrected chi connectivity index (χ3v) is 4.95. The summed E-state index contributed by atoms with van der Waals surface area (Å²) in [5.41, 5.74) is 1.55. The minimum Gasteiger partial charge on any atom is -0.340 e. The average molecular weight is 330 g/mol. The second-order valence-corrected chi connectivity index (χ2v) is 6.91. The van der Waals surface area contributed by atoms with Gasteiger partial charge in [-0.25, -0.2) is 9.07 Å². The van der Waals surface area contributed by atoms with Gasteiger partial charge in [0.25, 0.3) is 0 Å². The highest BCUT2D eigenvalue weighted by molar-refractivity contribution is 5.75.